The van der Waals surface area contributed by atoms with E-state index in [1.807, 2.05) is 0 Å². The molecule has 0 aromatic rings. The van der Waals surface area contributed by atoms with E-state index >= 15 is 0 Å². The summed E-state index contributed by atoms with van der Waals surface area (Å²) in [4.78, 5) is 0. The first-order valence-electron chi connectivity index (χ1n) is 5.83. The van der Waals surface area contributed by atoms with Crippen molar-refractivity contribution in [2.45, 2.75) is 52.9 Å². The molecular formula is C12H25N. The van der Waals surface area contributed by atoms with E-state index in [1.54, 1.807) is 0 Å². The molecular weight excluding hydrogens is 158 g/mol. The van der Waals surface area contributed by atoms with Crippen molar-refractivity contribution in [2.75, 3.05) is 6.54 Å². The molecule has 1 rings (SSSR count). The van der Waals surface area contributed by atoms with E-state index in [9.17, 15) is 0 Å². The molecule has 0 aliphatic heterocycles. The van der Waals surface area contributed by atoms with Crippen LogP contribution in [0.25, 0.3) is 0 Å². The summed E-state index contributed by atoms with van der Waals surface area (Å²) in [6.45, 7) is 7.90. The first-order valence-corrected chi connectivity index (χ1v) is 5.83. The molecule has 0 radical (unpaired) electrons. The molecule has 78 valence electrons. The van der Waals surface area contributed by atoms with Crippen molar-refractivity contribution in [3.8, 4) is 0 Å². The maximum Gasteiger partial charge on any atom is -0.00206 e. The quantitative estimate of drug-likeness (QED) is 0.714. The Balaban J connectivity index is 2.45. The second-order valence-electron chi connectivity index (χ2n) is 5.14. The lowest BCUT2D eigenvalue weighted by Gasteiger charge is -2.40. The third-order valence-electron chi connectivity index (χ3n) is 4.22. The zero-order chi connectivity index (χ0) is 9.90. The van der Waals surface area contributed by atoms with Crippen LogP contribution < -0.4 is 5.73 Å². The first-order chi connectivity index (χ1) is 6.13. The summed E-state index contributed by atoms with van der Waals surface area (Å²) in [6, 6.07) is 0. The van der Waals surface area contributed by atoms with Gasteiger partial charge in [-0.3, -0.25) is 0 Å². The fourth-order valence-electron chi connectivity index (χ4n) is 2.62. The Hall–Kier alpha value is -0.0400. The molecule has 1 saturated carbocycles. The molecule has 1 fully saturated rings. The lowest BCUT2D eigenvalue weighted by molar-refractivity contribution is 0.128. The van der Waals surface area contributed by atoms with Crippen LogP contribution in [-0.4, -0.2) is 6.54 Å². The van der Waals surface area contributed by atoms with E-state index < -0.39 is 0 Å². The van der Waals surface area contributed by atoms with Gasteiger partial charge in [-0.15, -0.1) is 0 Å². The van der Waals surface area contributed by atoms with Gasteiger partial charge in [0.25, 0.3) is 0 Å². The van der Waals surface area contributed by atoms with Crippen molar-refractivity contribution in [2.24, 2.45) is 23.0 Å². The topological polar surface area (TPSA) is 26.0 Å². The predicted octanol–water partition coefficient (Wildman–Crippen LogP) is 3.19. The molecule has 1 nitrogen and oxygen atoms in total. The van der Waals surface area contributed by atoms with Crippen LogP contribution in [0.3, 0.4) is 0 Å². The van der Waals surface area contributed by atoms with Crippen molar-refractivity contribution in [3.05, 3.63) is 0 Å². The maximum atomic E-state index is 5.87. The molecule has 1 heteroatoms. The van der Waals surface area contributed by atoms with E-state index in [0.29, 0.717) is 5.41 Å². The average Bonchev–Trinajstić information content (AvgIpc) is 2.18. The smallest absolute Gasteiger partial charge is 0.00206 e. The van der Waals surface area contributed by atoms with Crippen molar-refractivity contribution in [1.29, 1.82) is 0 Å². The van der Waals surface area contributed by atoms with Gasteiger partial charge in [0.15, 0.2) is 0 Å². The molecule has 13 heavy (non-hydrogen) atoms. The number of hydrogen-bond donors (Lipinski definition) is 1. The second-order valence-corrected chi connectivity index (χ2v) is 5.14. The van der Waals surface area contributed by atoms with Crippen LogP contribution in [0.5, 0.6) is 0 Å². The lowest BCUT2D eigenvalue weighted by Crippen LogP contribution is -2.35. The minimum Gasteiger partial charge on any atom is -0.330 e. The highest BCUT2D eigenvalue weighted by Crippen LogP contribution is 2.42. The molecule has 0 bridgehead atoms. The van der Waals surface area contributed by atoms with Crippen LogP contribution in [0.4, 0.5) is 0 Å². The molecule has 0 aromatic carbocycles. The summed E-state index contributed by atoms with van der Waals surface area (Å²) < 4.78 is 0. The summed E-state index contributed by atoms with van der Waals surface area (Å²) in [7, 11) is 0. The van der Waals surface area contributed by atoms with Gasteiger partial charge in [-0.2, -0.15) is 0 Å². The molecule has 1 aliphatic rings. The number of nitrogens with two attached hydrogens (primary N) is 1. The highest BCUT2D eigenvalue weighted by Gasteiger charge is 2.33. The first kappa shape index (κ1) is 11.0. The highest BCUT2D eigenvalue weighted by atomic mass is 14.6. The van der Waals surface area contributed by atoms with Crippen molar-refractivity contribution in [1.82, 2.24) is 0 Å². The third-order valence-corrected chi connectivity index (χ3v) is 4.22. The van der Waals surface area contributed by atoms with E-state index in [2.05, 4.69) is 20.8 Å². The monoisotopic (exact) mass is 183 g/mol. The third kappa shape index (κ3) is 2.46. The molecule has 1 aliphatic carbocycles. The summed E-state index contributed by atoms with van der Waals surface area (Å²) in [6.07, 6.45) is 6.81. The molecule has 0 aromatic heterocycles. The van der Waals surface area contributed by atoms with E-state index in [-0.39, 0.29) is 0 Å². The van der Waals surface area contributed by atoms with Gasteiger partial charge in [-0.1, -0.05) is 20.8 Å². The Bertz CT molecular complexity index is 137. The molecule has 0 heterocycles. The normalized spacial score (nSPS) is 35.3. The Morgan fingerprint density at radius 1 is 1.31 bits per heavy atom. The van der Waals surface area contributed by atoms with Gasteiger partial charge in [0.2, 0.25) is 0 Å². The van der Waals surface area contributed by atoms with Gasteiger partial charge in [0.1, 0.15) is 0 Å². The summed E-state index contributed by atoms with van der Waals surface area (Å²) in [5, 5.41) is 0. The predicted molar refractivity (Wildman–Crippen MR) is 58.6 cm³/mol. The van der Waals surface area contributed by atoms with E-state index in [4.69, 9.17) is 5.73 Å². The van der Waals surface area contributed by atoms with E-state index in [1.165, 1.54) is 32.1 Å². The summed E-state index contributed by atoms with van der Waals surface area (Å²) >= 11 is 0. The second kappa shape index (κ2) is 4.45. The van der Waals surface area contributed by atoms with Crippen LogP contribution >= 0.6 is 0 Å². The van der Waals surface area contributed by atoms with Gasteiger partial charge in [0.05, 0.1) is 0 Å². The Morgan fingerprint density at radius 3 is 2.15 bits per heavy atom. The number of rotatable bonds is 3. The highest BCUT2D eigenvalue weighted by molar-refractivity contribution is 4.86. The van der Waals surface area contributed by atoms with Crippen molar-refractivity contribution >= 4 is 0 Å². The van der Waals surface area contributed by atoms with Gasteiger partial charge < -0.3 is 5.73 Å². The summed E-state index contributed by atoms with van der Waals surface area (Å²) in [5.41, 5.74) is 6.38. The van der Waals surface area contributed by atoms with Crippen LogP contribution in [0.1, 0.15) is 52.9 Å². The summed E-state index contributed by atoms with van der Waals surface area (Å²) in [5.74, 6) is 1.83. The maximum absolute atomic E-state index is 5.87. The van der Waals surface area contributed by atoms with E-state index in [0.717, 1.165) is 18.4 Å². The van der Waals surface area contributed by atoms with Gasteiger partial charge in [-0.05, 0) is 55.9 Å². The standard InChI is InChI=1S/C12H25N/c1-4-12(9-13)7-5-11(6-8-12)10(2)3/h10-11H,4-9,13H2,1-3H3. The van der Waals surface area contributed by atoms with Crippen molar-refractivity contribution < 1.29 is 0 Å². The molecule has 0 atom stereocenters. The molecule has 0 saturated heterocycles. The van der Waals surface area contributed by atoms with Crippen LogP contribution in [0, 0.1) is 17.3 Å². The molecule has 2 N–H and O–H groups in total. The van der Waals surface area contributed by atoms with Crippen LogP contribution in [-0.2, 0) is 0 Å². The minimum atomic E-state index is 0.505. The number of hydrogen-bond acceptors (Lipinski definition) is 1. The van der Waals surface area contributed by atoms with Crippen molar-refractivity contribution in [3.63, 3.8) is 0 Å². The molecule has 0 spiro atoms. The lowest BCUT2D eigenvalue weighted by atomic mass is 9.67. The zero-order valence-corrected chi connectivity index (χ0v) is 9.47. The minimum absolute atomic E-state index is 0.505. The fourth-order valence-corrected chi connectivity index (χ4v) is 2.62. The Morgan fingerprint density at radius 2 is 1.85 bits per heavy atom. The molecule has 0 amide bonds. The average molecular weight is 183 g/mol. The van der Waals surface area contributed by atoms with Crippen LogP contribution in [0.15, 0.2) is 0 Å². The Kier molecular flexibility index (Phi) is 3.78. The largest absolute Gasteiger partial charge is 0.330 e. The Labute approximate surface area is 83.1 Å². The van der Waals surface area contributed by atoms with Gasteiger partial charge in [-0.25, -0.2) is 0 Å². The molecule has 0 unspecified atom stereocenters. The van der Waals surface area contributed by atoms with Gasteiger partial charge in [0, 0.05) is 0 Å². The van der Waals surface area contributed by atoms with Crippen LogP contribution in [0.2, 0.25) is 0 Å². The fraction of sp³-hybridized carbons (Fsp3) is 1.00. The SMILES string of the molecule is CCC1(CN)CCC(C(C)C)CC1. The zero-order valence-electron chi connectivity index (χ0n) is 9.47. The van der Waals surface area contributed by atoms with Gasteiger partial charge >= 0.3 is 0 Å².